The highest BCUT2D eigenvalue weighted by Gasteiger charge is 2.15. The van der Waals surface area contributed by atoms with Gasteiger partial charge in [0.05, 0.1) is 5.75 Å². The number of hydrogen-bond donors (Lipinski definition) is 0. The zero-order chi connectivity index (χ0) is 22.5. The number of aromatic nitrogens is 3. The lowest BCUT2D eigenvalue weighted by molar-refractivity contribution is 0.102. The minimum Gasteiger partial charge on any atom is -0.293 e. The van der Waals surface area contributed by atoms with Crippen LogP contribution in [-0.4, -0.2) is 26.7 Å². The molecule has 0 bridgehead atoms. The summed E-state index contributed by atoms with van der Waals surface area (Å²) in [5.74, 6) is 0.324. The number of Topliss-reactive ketones (excluding diaryl/α,β-unsaturated/α-hetero) is 1. The smallest absolute Gasteiger partial charge is 0.210 e. The van der Waals surface area contributed by atoms with Crippen molar-refractivity contribution < 1.29 is 4.79 Å². The highest BCUT2D eigenvalue weighted by Crippen LogP contribution is 2.30. The molecule has 0 saturated carbocycles. The Morgan fingerprint density at radius 3 is 1.88 bits per heavy atom. The first kappa shape index (κ1) is 21.9. The minimum absolute atomic E-state index is 0.0563. The summed E-state index contributed by atoms with van der Waals surface area (Å²) >= 11 is 1.32. The molecule has 0 aliphatic rings. The third kappa shape index (κ3) is 5.11. The van der Waals surface area contributed by atoms with E-state index in [-0.39, 0.29) is 11.5 Å². The van der Waals surface area contributed by atoms with Gasteiger partial charge in [0, 0.05) is 16.7 Å². The summed E-state index contributed by atoms with van der Waals surface area (Å²) in [6.07, 6.45) is 0.956. The van der Waals surface area contributed by atoms with Crippen LogP contribution in [0.3, 0.4) is 0 Å². The van der Waals surface area contributed by atoms with Crippen molar-refractivity contribution in [1.82, 2.24) is 15.2 Å². The van der Waals surface area contributed by atoms with Gasteiger partial charge >= 0.3 is 0 Å². The topological polar surface area (TPSA) is 55.7 Å². The highest BCUT2D eigenvalue weighted by atomic mass is 32.2. The molecule has 32 heavy (non-hydrogen) atoms. The van der Waals surface area contributed by atoms with Crippen molar-refractivity contribution in [2.75, 3.05) is 5.75 Å². The van der Waals surface area contributed by atoms with Gasteiger partial charge in [-0.25, -0.2) is 4.98 Å². The molecule has 0 aliphatic carbocycles. The molecule has 0 fully saturated rings. The second-order valence-corrected chi connectivity index (χ2v) is 8.73. The fourth-order valence-corrected chi connectivity index (χ4v) is 4.01. The van der Waals surface area contributed by atoms with Crippen LogP contribution in [0.5, 0.6) is 0 Å². The number of benzene rings is 3. The van der Waals surface area contributed by atoms with Crippen molar-refractivity contribution >= 4 is 17.5 Å². The van der Waals surface area contributed by atoms with Gasteiger partial charge in [0.25, 0.3) is 0 Å². The maximum atomic E-state index is 12.6. The van der Waals surface area contributed by atoms with E-state index >= 15 is 0 Å². The van der Waals surface area contributed by atoms with Gasteiger partial charge in [-0.2, -0.15) is 0 Å². The maximum Gasteiger partial charge on any atom is 0.210 e. The van der Waals surface area contributed by atoms with E-state index < -0.39 is 0 Å². The van der Waals surface area contributed by atoms with Gasteiger partial charge in [-0.1, -0.05) is 103 Å². The number of ketones is 1. The summed E-state index contributed by atoms with van der Waals surface area (Å²) in [4.78, 5) is 17.4. The highest BCUT2D eigenvalue weighted by molar-refractivity contribution is 7.99. The maximum absolute atomic E-state index is 12.6. The van der Waals surface area contributed by atoms with Crippen LogP contribution in [0.15, 0.2) is 78.0 Å². The summed E-state index contributed by atoms with van der Waals surface area (Å²) in [6, 6.07) is 24.2. The summed E-state index contributed by atoms with van der Waals surface area (Å²) in [5.41, 5.74) is 7.74. The van der Waals surface area contributed by atoms with Crippen molar-refractivity contribution in [1.29, 1.82) is 0 Å². The number of thioether (sulfide) groups is 1. The molecule has 4 nitrogen and oxygen atoms in total. The van der Waals surface area contributed by atoms with Gasteiger partial charge in [-0.15, -0.1) is 10.2 Å². The van der Waals surface area contributed by atoms with Crippen molar-refractivity contribution in [3.05, 3.63) is 95.1 Å². The Hall–Kier alpha value is -3.31. The Kier molecular flexibility index (Phi) is 6.76. The van der Waals surface area contributed by atoms with Crippen molar-refractivity contribution in [2.24, 2.45) is 0 Å². The molecule has 1 aromatic heterocycles. The van der Waals surface area contributed by atoms with Crippen LogP contribution in [0.25, 0.3) is 22.5 Å². The first-order chi connectivity index (χ1) is 15.5. The molecule has 1 heterocycles. The van der Waals surface area contributed by atoms with Gasteiger partial charge in [-0.05, 0) is 25.8 Å². The largest absolute Gasteiger partial charge is 0.293 e. The van der Waals surface area contributed by atoms with E-state index in [1.54, 1.807) is 0 Å². The minimum atomic E-state index is 0.0563. The van der Waals surface area contributed by atoms with Crippen molar-refractivity contribution in [2.45, 2.75) is 32.3 Å². The fraction of sp³-hybridized carbons (Fsp3) is 0.185. The molecule has 5 heteroatoms. The monoisotopic (exact) mass is 439 g/mol. The van der Waals surface area contributed by atoms with Gasteiger partial charge in [0.1, 0.15) is 11.4 Å². The lowest BCUT2D eigenvalue weighted by atomic mass is 10.0. The molecule has 0 saturated heterocycles. The first-order valence-electron chi connectivity index (χ1n) is 10.7. The number of nitrogens with zero attached hydrogens (tertiary/aromatic N) is 3. The van der Waals surface area contributed by atoms with Gasteiger partial charge < -0.3 is 0 Å². The molecule has 0 N–H and O–H groups in total. The Morgan fingerprint density at radius 2 is 1.31 bits per heavy atom. The van der Waals surface area contributed by atoms with E-state index in [1.807, 2.05) is 48.5 Å². The molecule has 4 rings (SSSR count). The molecule has 160 valence electrons. The van der Waals surface area contributed by atoms with E-state index in [1.165, 1.54) is 28.5 Å². The summed E-state index contributed by atoms with van der Waals surface area (Å²) in [5, 5.41) is 9.33. The molecule has 4 aromatic rings. The molecule has 0 unspecified atom stereocenters. The van der Waals surface area contributed by atoms with E-state index in [0.29, 0.717) is 10.7 Å². The first-order valence-corrected chi connectivity index (χ1v) is 11.7. The van der Waals surface area contributed by atoms with E-state index in [9.17, 15) is 4.79 Å². The van der Waals surface area contributed by atoms with Crippen LogP contribution >= 0.6 is 11.8 Å². The standard InChI is InChI=1S/C27H25N3OS/c1-4-20-9-15-21(16-10-20)24(31)17-32-27-28-25(22-11-5-18(2)6-12-22)26(29-30-27)23-13-7-19(3)8-14-23/h5-16H,4,17H2,1-3H3. The Bertz CT molecular complexity index is 1220. The lowest BCUT2D eigenvalue weighted by Crippen LogP contribution is -2.05. The quantitative estimate of drug-likeness (QED) is 0.248. The predicted octanol–water partition coefficient (Wildman–Crippen LogP) is 6.36. The Labute approximate surface area is 193 Å². The number of aryl methyl sites for hydroxylation is 3. The Morgan fingerprint density at radius 1 is 0.750 bits per heavy atom. The Balaban J connectivity index is 1.61. The zero-order valence-electron chi connectivity index (χ0n) is 18.5. The van der Waals surface area contributed by atoms with Crippen LogP contribution < -0.4 is 0 Å². The van der Waals surface area contributed by atoms with Crippen LogP contribution in [0, 0.1) is 13.8 Å². The van der Waals surface area contributed by atoms with Gasteiger partial charge in [-0.3, -0.25) is 4.79 Å². The van der Waals surface area contributed by atoms with Crippen molar-refractivity contribution in [3.8, 4) is 22.5 Å². The summed E-state index contributed by atoms with van der Waals surface area (Å²) in [7, 11) is 0. The van der Waals surface area contributed by atoms with E-state index in [0.717, 1.165) is 28.9 Å². The second-order valence-electron chi connectivity index (χ2n) is 7.79. The molecule has 0 atom stereocenters. The lowest BCUT2D eigenvalue weighted by Gasteiger charge is -2.10. The van der Waals surface area contributed by atoms with Gasteiger partial charge in [0.2, 0.25) is 5.16 Å². The third-order valence-corrected chi connectivity index (χ3v) is 6.17. The zero-order valence-corrected chi connectivity index (χ0v) is 19.3. The number of rotatable bonds is 7. The van der Waals surface area contributed by atoms with Gasteiger partial charge in [0.15, 0.2) is 5.78 Å². The fourth-order valence-electron chi connectivity index (χ4n) is 3.33. The SMILES string of the molecule is CCc1ccc(C(=O)CSc2nnc(-c3ccc(C)cc3)c(-c3ccc(C)cc3)n2)cc1. The van der Waals surface area contributed by atoms with Crippen molar-refractivity contribution in [3.63, 3.8) is 0 Å². The summed E-state index contributed by atoms with van der Waals surface area (Å²) < 4.78 is 0. The molecule has 0 radical (unpaired) electrons. The second kappa shape index (κ2) is 9.88. The molecular formula is C27H25N3OS. The van der Waals surface area contributed by atoms with Crippen LogP contribution in [0.2, 0.25) is 0 Å². The predicted molar refractivity (Wildman–Crippen MR) is 131 cm³/mol. The average molecular weight is 440 g/mol. The average Bonchev–Trinajstić information content (AvgIpc) is 2.83. The number of carbonyl (C=O) groups excluding carboxylic acids is 1. The number of hydrogen-bond acceptors (Lipinski definition) is 5. The number of carbonyl (C=O) groups is 1. The van der Waals surface area contributed by atoms with E-state index in [2.05, 4.69) is 55.2 Å². The summed E-state index contributed by atoms with van der Waals surface area (Å²) in [6.45, 7) is 6.22. The van der Waals surface area contributed by atoms with Crippen LogP contribution in [-0.2, 0) is 6.42 Å². The molecule has 0 aliphatic heterocycles. The molecular weight excluding hydrogens is 414 g/mol. The van der Waals surface area contributed by atoms with Crippen LogP contribution in [0.4, 0.5) is 0 Å². The molecule has 0 amide bonds. The molecule has 3 aromatic carbocycles. The normalized spacial score (nSPS) is 10.8. The molecule has 0 spiro atoms. The third-order valence-electron chi connectivity index (χ3n) is 5.33. The van der Waals surface area contributed by atoms with E-state index in [4.69, 9.17) is 4.98 Å². The van der Waals surface area contributed by atoms with Crippen LogP contribution in [0.1, 0.15) is 34.0 Å².